The lowest BCUT2D eigenvalue weighted by molar-refractivity contribution is -0.125. The van der Waals surface area contributed by atoms with E-state index in [-0.39, 0.29) is 5.82 Å². The predicted molar refractivity (Wildman–Crippen MR) is 127 cm³/mol. The molecule has 186 valence electrons. The molecule has 1 saturated heterocycles. The Morgan fingerprint density at radius 3 is 2.78 bits per heavy atom. The van der Waals surface area contributed by atoms with Crippen LogP contribution < -0.4 is 16.0 Å². The first kappa shape index (κ1) is 23.7. The number of aromatic nitrogens is 6. The highest BCUT2D eigenvalue weighted by Crippen LogP contribution is 2.30. The van der Waals surface area contributed by atoms with E-state index in [0.29, 0.717) is 29.1 Å². The lowest BCUT2D eigenvalue weighted by atomic mass is 10.1. The molecule has 0 radical (unpaired) electrons. The van der Waals surface area contributed by atoms with E-state index in [1.54, 1.807) is 0 Å². The number of anilines is 1. The highest BCUT2D eigenvalue weighted by molar-refractivity contribution is 5.86. The van der Waals surface area contributed by atoms with Gasteiger partial charge in [0.05, 0.1) is 24.8 Å². The number of halogens is 1. The SMILES string of the molecule is CNC(=O)[C@H]1N[C@@H](n2cnc3c(NCc4cccc(C)n4)nc(-c4cncc(F)c4)nc32)[C@H](O)[C@@H]1O. The van der Waals surface area contributed by atoms with Gasteiger partial charge in [0.1, 0.15) is 30.2 Å². The Hall–Kier alpha value is -4.07. The van der Waals surface area contributed by atoms with Gasteiger partial charge >= 0.3 is 0 Å². The molecule has 4 aromatic rings. The second-order valence-corrected chi connectivity index (χ2v) is 8.42. The van der Waals surface area contributed by atoms with E-state index in [1.165, 1.54) is 30.2 Å². The van der Waals surface area contributed by atoms with E-state index in [1.807, 2.05) is 25.1 Å². The first-order chi connectivity index (χ1) is 17.4. The van der Waals surface area contributed by atoms with Crippen LogP contribution in [0.1, 0.15) is 17.6 Å². The van der Waals surface area contributed by atoms with E-state index in [0.717, 1.165) is 17.6 Å². The Morgan fingerprint density at radius 2 is 2.03 bits per heavy atom. The molecule has 12 nitrogen and oxygen atoms in total. The summed E-state index contributed by atoms with van der Waals surface area (Å²) in [6.45, 7) is 2.23. The van der Waals surface area contributed by atoms with E-state index < -0.39 is 36.1 Å². The van der Waals surface area contributed by atoms with Gasteiger partial charge in [-0.05, 0) is 25.1 Å². The molecule has 36 heavy (non-hydrogen) atoms. The fraction of sp³-hybridized carbons (Fsp3) is 0.304. The number of amides is 1. The third-order valence-corrected chi connectivity index (χ3v) is 5.96. The third kappa shape index (κ3) is 4.34. The van der Waals surface area contributed by atoms with Gasteiger partial charge in [-0.15, -0.1) is 0 Å². The van der Waals surface area contributed by atoms with Gasteiger partial charge in [0.15, 0.2) is 22.8 Å². The average Bonchev–Trinajstić information content (AvgIpc) is 3.43. The van der Waals surface area contributed by atoms with Crippen LogP contribution in [0.4, 0.5) is 10.2 Å². The molecular formula is C23H24FN9O3. The molecule has 5 N–H and O–H groups in total. The summed E-state index contributed by atoms with van der Waals surface area (Å²) >= 11 is 0. The summed E-state index contributed by atoms with van der Waals surface area (Å²) in [5.41, 5.74) is 2.65. The van der Waals surface area contributed by atoms with Gasteiger partial charge in [-0.2, -0.15) is 0 Å². The molecule has 0 aliphatic carbocycles. The molecule has 0 aromatic carbocycles. The lowest BCUT2D eigenvalue weighted by Crippen LogP contribution is -2.45. The number of carbonyl (C=O) groups excluding carboxylic acids is 1. The molecule has 1 fully saturated rings. The van der Waals surface area contributed by atoms with Crippen molar-refractivity contribution in [2.45, 2.75) is 37.9 Å². The maximum Gasteiger partial charge on any atom is 0.239 e. The average molecular weight is 494 g/mol. The maximum absolute atomic E-state index is 13.9. The summed E-state index contributed by atoms with van der Waals surface area (Å²) in [6.07, 6.45) is 0.354. The highest BCUT2D eigenvalue weighted by Gasteiger charge is 2.45. The first-order valence-electron chi connectivity index (χ1n) is 11.2. The quantitative estimate of drug-likeness (QED) is 0.252. The maximum atomic E-state index is 13.9. The van der Waals surface area contributed by atoms with Crippen LogP contribution in [0.2, 0.25) is 0 Å². The number of nitrogens with zero attached hydrogens (tertiary/aromatic N) is 6. The number of likely N-dealkylation sites (N-methyl/N-ethyl adjacent to an activating group) is 1. The van der Waals surface area contributed by atoms with Crippen molar-refractivity contribution in [1.82, 2.24) is 40.1 Å². The smallest absolute Gasteiger partial charge is 0.239 e. The van der Waals surface area contributed by atoms with Gasteiger partial charge in [-0.3, -0.25) is 24.6 Å². The number of aliphatic hydroxyl groups excluding tert-OH is 2. The van der Waals surface area contributed by atoms with Crippen LogP contribution in [-0.2, 0) is 11.3 Å². The lowest BCUT2D eigenvalue weighted by Gasteiger charge is -2.18. The van der Waals surface area contributed by atoms with Gasteiger partial charge < -0.3 is 20.8 Å². The second-order valence-electron chi connectivity index (χ2n) is 8.42. The minimum Gasteiger partial charge on any atom is -0.388 e. The molecule has 0 unspecified atom stereocenters. The molecule has 4 aromatic heterocycles. The zero-order chi connectivity index (χ0) is 25.4. The van der Waals surface area contributed by atoms with Crippen molar-refractivity contribution in [3.05, 3.63) is 60.2 Å². The number of carbonyl (C=O) groups is 1. The van der Waals surface area contributed by atoms with Gasteiger partial charge in [0, 0.05) is 24.5 Å². The van der Waals surface area contributed by atoms with E-state index in [2.05, 4.69) is 40.9 Å². The fourth-order valence-corrected chi connectivity index (χ4v) is 4.18. The monoisotopic (exact) mass is 493 g/mol. The molecule has 0 spiro atoms. The molecular weight excluding hydrogens is 469 g/mol. The molecule has 0 bridgehead atoms. The summed E-state index contributed by atoms with van der Waals surface area (Å²) in [5.74, 6) is -0.487. The van der Waals surface area contributed by atoms with Gasteiger partial charge in [-0.25, -0.2) is 19.3 Å². The fourth-order valence-electron chi connectivity index (χ4n) is 4.18. The van der Waals surface area contributed by atoms with Crippen molar-refractivity contribution in [3.63, 3.8) is 0 Å². The van der Waals surface area contributed by atoms with Crippen LogP contribution in [0, 0.1) is 12.7 Å². The van der Waals surface area contributed by atoms with Crippen LogP contribution in [0.5, 0.6) is 0 Å². The zero-order valence-electron chi connectivity index (χ0n) is 19.4. The normalized spacial score (nSPS) is 21.6. The molecule has 5 rings (SSSR count). The Bertz CT molecular complexity index is 1430. The zero-order valence-corrected chi connectivity index (χ0v) is 19.4. The largest absolute Gasteiger partial charge is 0.388 e. The van der Waals surface area contributed by atoms with Crippen LogP contribution in [0.3, 0.4) is 0 Å². The molecule has 1 aliphatic rings. The van der Waals surface area contributed by atoms with Crippen LogP contribution >= 0.6 is 0 Å². The standard InChI is InChI=1S/C23H24FN9O3/c1-11-4-3-5-14(29-11)9-27-20-16-21(32-19(31-20)12-6-13(24)8-26-7-12)33(10-28-16)22-18(35)17(34)15(30-22)23(36)25-2/h3-8,10,15,17-18,22,30,34-35H,9H2,1-2H3,(H,25,36)(H,27,31,32)/t15-,17+,18+,22-/m0/s1. The predicted octanol–water partition coefficient (Wildman–Crippen LogP) is 0.281. The minimum atomic E-state index is -1.36. The van der Waals surface area contributed by atoms with Gasteiger partial charge in [0.25, 0.3) is 0 Å². The minimum absolute atomic E-state index is 0.173. The Morgan fingerprint density at radius 1 is 1.19 bits per heavy atom. The van der Waals surface area contributed by atoms with Crippen molar-refractivity contribution in [3.8, 4) is 11.4 Å². The molecule has 1 aliphatic heterocycles. The molecule has 1 amide bonds. The Labute approximate surface area is 204 Å². The summed E-state index contributed by atoms with van der Waals surface area (Å²) in [5, 5.41) is 29.8. The molecule has 13 heteroatoms. The molecule has 0 saturated carbocycles. The molecule has 4 atom stereocenters. The van der Waals surface area contributed by atoms with Crippen LogP contribution in [0.15, 0.2) is 43.0 Å². The van der Waals surface area contributed by atoms with Crippen molar-refractivity contribution in [1.29, 1.82) is 0 Å². The summed E-state index contributed by atoms with van der Waals surface area (Å²) in [4.78, 5) is 34.1. The number of aryl methyl sites for hydroxylation is 1. The number of hydrogen-bond donors (Lipinski definition) is 5. The summed E-state index contributed by atoms with van der Waals surface area (Å²) in [7, 11) is 1.44. The van der Waals surface area contributed by atoms with E-state index in [4.69, 9.17) is 0 Å². The molecule has 5 heterocycles. The van der Waals surface area contributed by atoms with Crippen molar-refractivity contribution < 1.29 is 19.4 Å². The van der Waals surface area contributed by atoms with Gasteiger partial charge in [-0.1, -0.05) is 6.07 Å². The van der Waals surface area contributed by atoms with Gasteiger partial charge in [0.2, 0.25) is 5.91 Å². The number of imidazole rings is 1. The number of pyridine rings is 2. The first-order valence-corrected chi connectivity index (χ1v) is 11.2. The topological polar surface area (TPSA) is 163 Å². The second kappa shape index (κ2) is 9.53. The third-order valence-electron chi connectivity index (χ3n) is 5.96. The van der Waals surface area contributed by atoms with Crippen molar-refractivity contribution in [2.24, 2.45) is 0 Å². The van der Waals surface area contributed by atoms with Crippen LogP contribution in [-0.4, -0.2) is 70.9 Å². The van der Waals surface area contributed by atoms with E-state index >= 15 is 0 Å². The Kier molecular flexibility index (Phi) is 6.26. The summed E-state index contributed by atoms with van der Waals surface area (Å²) < 4.78 is 15.4. The van der Waals surface area contributed by atoms with Crippen LogP contribution in [0.25, 0.3) is 22.6 Å². The highest BCUT2D eigenvalue weighted by atomic mass is 19.1. The number of aliphatic hydroxyl groups is 2. The number of rotatable bonds is 6. The number of nitrogens with one attached hydrogen (secondary N) is 3. The van der Waals surface area contributed by atoms with E-state index in [9.17, 15) is 19.4 Å². The van der Waals surface area contributed by atoms with Crippen molar-refractivity contribution >= 4 is 22.9 Å². The Balaban J connectivity index is 1.58. The van der Waals surface area contributed by atoms with Crippen molar-refractivity contribution in [2.75, 3.05) is 12.4 Å². The number of fused-ring (bicyclic) bond motifs is 1. The summed E-state index contributed by atoms with van der Waals surface area (Å²) in [6, 6.07) is 5.88. The number of hydrogen-bond acceptors (Lipinski definition) is 10.